The highest BCUT2D eigenvalue weighted by molar-refractivity contribution is 7.14. The molecule has 0 N–H and O–H groups in total. The molecule has 0 saturated heterocycles. The second kappa shape index (κ2) is 12.0. The van der Waals surface area contributed by atoms with Gasteiger partial charge >= 0.3 is 5.97 Å². The number of Topliss-reactive ketones (excluding diaryl/α,β-unsaturated/α-hetero) is 1. The Hall–Kier alpha value is -3.91. The molecule has 3 rings (SSSR count). The largest absolute Gasteiger partial charge is 0.489 e. The molecule has 0 bridgehead atoms. The van der Waals surface area contributed by atoms with Crippen LogP contribution in [0.4, 0.5) is 0 Å². The van der Waals surface area contributed by atoms with E-state index in [-0.39, 0.29) is 24.2 Å². The third kappa shape index (κ3) is 6.36. The second-order valence-corrected chi connectivity index (χ2v) is 8.92. The van der Waals surface area contributed by atoms with Gasteiger partial charge < -0.3 is 9.47 Å². The van der Waals surface area contributed by atoms with Crippen molar-refractivity contribution in [2.45, 2.75) is 26.9 Å². The van der Waals surface area contributed by atoms with E-state index in [0.29, 0.717) is 38.3 Å². The van der Waals surface area contributed by atoms with E-state index in [0.717, 1.165) is 16.9 Å². The van der Waals surface area contributed by atoms with Crippen LogP contribution < -0.4 is 4.74 Å². The van der Waals surface area contributed by atoms with Crippen molar-refractivity contribution in [3.8, 4) is 17.9 Å². The van der Waals surface area contributed by atoms with Crippen LogP contribution in [0, 0.1) is 29.6 Å². The highest BCUT2D eigenvalue weighted by Crippen LogP contribution is 2.30. The number of nitrogens with zero attached hydrogens (tertiary/aromatic N) is 2. The standard InChI is InChI=1S/C27H21ClN2O4S/c1-3-33-27(32)26-17(2)22(15-30)25(35-26)13-24(31)20(14-29)12-18-8-10-21(11-9-18)34-16-19-6-4-5-7-23(19)28/h4-12H,3,13,16H2,1-2H3/b20-12+. The van der Waals surface area contributed by atoms with Crippen LogP contribution in [0.5, 0.6) is 5.75 Å². The van der Waals surface area contributed by atoms with Crippen molar-refractivity contribution in [2.75, 3.05) is 6.61 Å². The van der Waals surface area contributed by atoms with Gasteiger partial charge in [0.2, 0.25) is 0 Å². The summed E-state index contributed by atoms with van der Waals surface area (Å²) in [5.74, 6) is -0.357. The van der Waals surface area contributed by atoms with Crippen molar-refractivity contribution in [3.63, 3.8) is 0 Å². The normalized spacial score (nSPS) is 10.8. The fraction of sp³-hybridized carbons (Fsp3) is 0.185. The van der Waals surface area contributed by atoms with Gasteiger partial charge in [-0.1, -0.05) is 41.9 Å². The van der Waals surface area contributed by atoms with Crippen LogP contribution in [0.2, 0.25) is 5.02 Å². The molecule has 0 unspecified atom stereocenters. The van der Waals surface area contributed by atoms with Gasteiger partial charge in [-0.25, -0.2) is 4.79 Å². The van der Waals surface area contributed by atoms with E-state index in [2.05, 4.69) is 6.07 Å². The smallest absolute Gasteiger partial charge is 0.348 e. The van der Waals surface area contributed by atoms with Crippen molar-refractivity contribution in [2.24, 2.45) is 0 Å². The minimum atomic E-state index is -0.530. The summed E-state index contributed by atoms with van der Waals surface area (Å²) in [4.78, 5) is 25.7. The average molecular weight is 505 g/mol. The first-order valence-electron chi connectivity index (χ1n) is 10.7. The Kier molecular flexibility index (Phi) is 8.80. The number of allylic oxidation sites excluding steroid dienone is 1. The highest BCUT2D eigenvalue weighted by Gasteiger charge is 2.23. The molecule has 0 fully saturated rings. The van der Waals surface area contributed by atoms with Gasteiger partial charge in [0, 0.05) is 21.9 Å². The molecule has 35 heavy (non-hydrogen) atoms. The Labute approximate surface area is 212 Å². The van der Waals surface area contributed by atoms with E-state index >= 15 is 0 Å². The number of hydrogen-bond acceptors (Lipinski definition) is 7. The summed E-state index contributed by atoms with van der Waals surface area (Å²) in [5, 5.41) is 19.7. The summed E-state index contributed by atoms with van der Waals surface area (Å²) in [5.41, 5.74) is 2.21. The van der Waals surface area contributed by atoms with Crippen LogP contribution in [-0.4, -0.2) is 18.4 Å². The number of benzene rings is 2. The van der Waals surface area contributed by atoms with Crippen molar-refractivity contribution >= 4 is 40.8 Å². The van der Waals surface area contributed by atoms with E-state index in [1.165, 1.54) is 6.08 Å². The number of hydrogen-bond donors (Lipinski definition) is 0. The minimum Gasteiger partial charge on any atom is -0.489 e. The Bertz CT molecular complexity index is 1360. The van der Waals surface area contributed by atoms with E-state index in [4.69, 9.17) is 21.1 Å². The van der Waals surface area contributed by atoms with Crippen molar-refractivity contribution in [1.82, 2.24) is 0 Å². The monoisotopic (exact) mass is 504 g/mol. The predicted molar refractivity (Wildman–Crippen MR) is 134 cm³/mol. The summed E-state index contributed by atoms with van der Waals surface area (Å²) < 4.78 is 10.8. The molecular weight excluding hydrogens is 484 g/mol. The molecule has 1 aromatic heterocycles. The first-order chi connectivity index (χ1) is 16.9. The molecule has 0 spiro atoms. The lowest BCUT2D eigenvalue weighted by Crippen LogP contribution is -2.05. The highest BCUT2D eigenvalue weighted by atomic mass is 35.5. The van der Waals surface area contributed by atoms with Gasteiger partial charge in [0.25, 0.3) is 0 Å². The number of carbonyl (C=O) groups is 2. The Morgan fingerprint density at radius 3 is 2.46 bits per heavy atom. The predicted octanol–water partition coefficient (Wildman–Crippen LogP) is 6.06. The molecule has 0 aliphatic heterocycles. The number of ketones is 1. The zero-order valence-electron chi connectivity index (χ0n) is 19.1. The zero-order valence-corrected chi connectivity index (χ0v) is 20.7. The number of halogens is 1. The SMILES string of the molecule is CCOC(=O)c1sc(CC(=O)/C(C#N)=C/c2ccc(OCc3ccccc3Cl)cc2)c(C#N)c1C. The third-order valence-electron chi connectivity index (χ3n) is 5.08. The molecule has 8 heteroatoms. The van der Waals surface area contributed by atoms with Crippen LogP contribution in [-0.2, 0) is 22.6 Å². The zero-order chi connectivity index (χ0) is 25.4. The van der Waals surface area contributed by atoms with Gasteiger partial charge in [0.15, 0.2) is 5.78 Å². The van der Waals surface area contributed by atoms with Crippen LogP contribution in [0.3, 0.4) is 0 Å². The molecule has 0 amide bonds. The average Bonchev–Trinajstić information content (AvgIpc) is 3.17. The molecule has 0 atom stereocenters. The molecule has 0 radical (unpaired) electrons. The Morgan fingerprint density at radius 1 is 1.11 bits per heavy atom. The lowest BCUT2D eigenvalue weighted by Gasteiger charge is -2.08. The number of nitriles is 2. The summed E-state index contributed by atoms with van der Waals surface area (Å²) in [7, 11) is 0. The molecule has 176 valence electrons. The number of esters is 1. The Balaban J connectivity index is 1.73. The van der Waals surface area contributed by atoms with Gasteiger partial charge in [0.1, 0.15) is 29.4 Å². The number of ether oxygens (including phenoxy) is 2. The van der Waals surface area contributed by atoms with Crippen LogP contribution >= 0.6 is 22.9 Å². The summed E-state index contributed by atoms with van der Waals surface area (Å²) in [6, 6.07) is 18.4. The van der Waals surface area contributed by atoms with E-state index < -0.39 is 11.8 Å². The van der Waals surface area contributed by atoms with Gasteiger partial charge in [-0.2, -0.15) is 10.5 Å². The van der Waals surface area contributed by atoms with Gasteiger partial charge in [-0.3, -0.25) is 4.79 Å². The fourth-order valence-corrected chi connectivity index (χ4v) is 4.59. The van der Waals surface area contributed by atoms with E-state index in [1.54, 1.807) is 44.2 Å². The lowest BCUT2D eigenvalue weighted by molar-refractivity contribution is -0.114. The molecule has 0 aliphatic carbocycles. The van der Waals surface area contributed by atoms with Crippen LogP contribution in [0.1, 0.15) is 43.7 Å². The van der Waals surface area contributed by atoms with Crippen molar-refractivity contribution in [3.05, 3.63) is 91.1 Å². The third-order valence-corrected chi connectivity index (χ3v) is 6.72. The maximum Gasteiger partial charge on any atom is 0.348 e. The molecular formula is C27H21ClN2O4S. The summed E-state index contributed by atoms with van der Waals surface area (Å²) >= 11 is 7.19. The quantitative estimate of drug-likeness (QED) is 0.199. The maximum absolute atomic E-state index is 12.8. The van der Waals surface area contributed by atoms with Gasteiger partial charge in [0.05, 0.1) is 17.7 Å². The number of carbonyl (C=O) groups excluding carboxylic acids is 2. The number of thiophene rings is 1. The first-order valence-corrected chi connectivity index (χ1v) is 11.9. The fourth-order valence-electron chi connectivity index (χ4n) is 3.26. The Morgan fingerprint density at radius 2 is 1.83 bits per heavy atom. The molecule has 0 saturated carbocycles. The number of rotatable bonds is 9. The van der Waals surface area contributed by atoms with Gasteiger partial charge in [-0.15, -0.1) is 11.3 Å². The molecule has 0 aliphatic rings. The summed E-state index contributed by atoms with van der Waals surface area (Å²) in [6.07, 6.45) is 1.32. The molecule has 1 heterocycles. The second-order valence-electron chi connectivity index (χ2n) is 7.41. The van der Waals surface area contributed by atoms with E-state index in [9.17, 15) is 20.1 Å². The van der Waals surface area contributed by atoms with Crippen molar-refractivity contribution in [1.29, 1.82) is 10.5 Å². The summed E-state index contributed by atoms with van der Waals surface area (Å²) in [6.45, 7) is 3.85. The molecule has 3 aromatic rings. The van der Waals surface area contributed by atoms with Gasteiger partial charge in [-0.05, 0) is 49.2 Å². The first kappa shape index (κ1) is 25.7. The van der Waals surface area contributed by atoms with Crippen molar-refractivity contribution < 1.29 is 19.1 Å². The van der Waals surface area contributed by atoms with E-state index in [1.807, 2.05) is 24.3 Å². The minimum absolute atomic E-state index is 0.0534. The topological polar surface area (TPSA) is 100 Å². The maximum atomic E-state index is 12.8. The molecule has 2 aromatic carbocycles. The molecule has 6 nitrogen and oxygen atoms in total. The lowest BCUT2D eigenvalue weighted by atomic mass is 10.0. The van der Waals surface area contributed by atoms with Crippen LogP contribution in [0.15, 0.2) is 54.1 Å². The van der Waals surface area contributed by atoms with Crippen LogP contribution in [0.25, 0.3) is 6.08 Å².